The van der Waals surface area contributed by atoms with E-state index in [2.05, 4.69) is 33.0 Å². The van der Waals surface area contributed by atoms with Crippen LogP contribution in [0.4, 0.5) is 4.39 Å². The maximum Gasteiger partial charge on any atom is 0.165 e. The number of rotatable bonds is 9. The fraction of sp³-hybridized carbons (Fsp3) is 0.647. The summed E-state index contributed by atoms with van der Waals surface area (Å²) in [5, 5.41) is 3.31. The third-order valence-electron chi connectivity index (χ3n) is 3.51. The monoisotopic (exact) mass is 281 g/mol. The lowest BCUT2D eigenvalue weighted by molar-refractivity contribution is 0.231. The van der Waals surface area contributed by atoms with E-state index < -0.39 is 0 Å². The zero-order chi connectivity index (χ0) is 15.0. The van der Waals surface area contributed by atoms with Crippen LogP contribution < -0.4 is 10.1 Å². The summed E-state index contributed by atoms with van der Waals surface area (Å²) in [4.78, 5) is 0. The predicted molar refractivity (Wildman–Crippen MR) is 82.5 cm³/mol. The molecule has 20 heavy (non-hydrogen) atoms. The molecule has 3 heteroatoms. The van der Waals surface area contributed by atoms with Gasteiger partial charge in [0.05, 0.1) is 6.61 Å². The zero-order valence-electron chi connectivity index (χ0n) is 13.2. The van der Waals surface area contributed by atoms with Gasteiger partial charge in [-0.25, -0.2) is 4.39 Å². The van der Waals surface area contributed by atoms with Crippen molar-refractivity contribution in [2.45, 2.75) is 47.1 Å². The minimum Gasteiger partial charge on any atom is -0.490 e. The molecule has 0 aliphatic rings. The molecular weight excluding hydrogens is 253 g/mol. The first-order valence-electron chi connectivity index (χ1n) is 7.68. The van der Waals surface area contributed by atoms with Crippen LogP contribution in [0.25, 0.3) is 0 Å². The molecule has 0 bridgehead atoms. The second kappa shape index (κ2) is 8.96. The Bertz CT molecular complexity index is 389. The van der Waals surface area contributed by atoms with Gasteiger partial charge in [0, 0.05) is 6.54 Å². The average Bonchev–Trinajstić information content (AvgIpc) is 2.41. The van der Waals surface area contributed by atoms with Crippen molar-refractivity contribution in [3.63, 3.8) is 0 Å². The van der Waals surface area contributed by atoms with Gasteiger partial charge in [-0.3, -0.25) is 0 Å². The van der Waals surface area contributed by atoms with Crippen LogP contribution in [0.15, 0.2) is 18.2 Å². The lowest BCUT2D eigenvalue weighted by atomic mass is 10.1. The van der Waals surface area contributed by atoms with Gasteiger partial charge in [0.1, 0.15) is 0 Å². The van der Waals surface area contributed by atoms with E-state index >= 15 is 0 Å². The number of ether oxygens (including phenoxy) is 1. The Morgan fingerprint density at radius 1 is 1.20 bits per heavy atom. The summed E-state index contributed by atoms with van der Waals surface area (Å²) in [7, 11) is 0. The largest absolute Gasteiger partial charge is 0.490 e. The summed E-state index contributed by atoms with van der Waals surface area (Å²) in [6.45, 7) is 10.8. The topological polar surface area (TPSA) is 21.3 Å². The third-order valence-corrected chi connectivity index (χ3v) is 3.51. The lowest BCUT2D eigenvalue weighted by Gasteiger charge is -2.15. The normalized spacial score (nSPS) is 11.3. The van der Waals surface area contributed by atoms with Crippen molar-refractivity contribution in [2.75, 3.05) is 13.2 Å². The van der Waals surface area contributed by atoms with Crippen molar-refractivity contribution in [3.05, 3.63) is 29.6 Å². The molecule has 0 atom stereocenters. The number of hydrogen-bond acceptors (Lipinski definition) is 2. The van der Waals surface area contributed by atoms with E-state index in [4.69, 9.17) is 4.74 Å². The highest BCUT2D eigenvalue weighted by Crippen LogP contribution is 2.20. The summed E-state index contributed by atoms with van der Waals surface area (Å²) < 4.78 is 19.5. The standard InChI is InChI=1S/C17H28FNO/c1-5-14(6-2)12-20-17-8-7-15(9-16(17)18)11-19-10-13(3)4/h7-9,13-14,19H,5-6,10-12H2,1-4H3. The van der Waals surface area contributed by atoms with Crippen molar-refractivity contribution in [3.8, 4) is 5.75 Å². The molecule has 2 nitrogen and oxygen atoms in total. The molecule has 1 aromatic rings. The minimum absolute atomic E-state index is 0.264. The van der Waals surface area contributed by atoms with Gasteiger partial charge >= 0.3 is 0 Å². The van der Waals surface area contributed by atoms with Gasteiger partial charge in [-0.2, -0.15) is 0 Å². The molecule has 1 aromatic carbocycles. The summed E-state index contributed by atoms with van der Waals surface area (Å²) in [6.07, 6.45) is 2.13. The van der Waals surface area contributed by atoms with E-state index in [1.165, 1.54) is 0 Å². The summed E-state index contributed by atoms with van der Waals surface area (Å²) >= 11 is 0. The van der Waals surface area contributed by atoms with E-state index in [9.17, 15) is 4.39 Å². The molecule has 0 amide bonds. The number of benzene rings is 1. The molecule has 0 unspecified atom stereocenters. The van der Waals surface area contributed by atoms with Crippen LogP contribution in [0.1, 0.15) is 46.1 Å². The van der Waals surface area contributed by atoms with Crippen molar-refractivity contribution in [1.29, 1.82) is 0 Å². The predicted octanol–water partition coefficient (Wildman–Crippen LogP) is 4.39. The first-order valence-corrected chi connectivity index (χ1v) is 7.68. The van der Waals surface area contributed by atoms with Crippen LogP contribution in [0.2, 0.25) is 0 Å². The highest BCUT2D eigenvalue weighted by atomic mass is 19.1. The molecule has 1 N–H and O–H groups in total. The molecule has 1 rings (SSSR count). The fourth-order valence-electron chi connectivity index (χ4n) is 2.01. The van der Waals surface area contributed by atoms with Gasteiger partial charge in [-0.15, -0.1) is 0 Å². The SMILES string of the molecule is CCC(CC)COc1ccc(CNCC(C)C)cc1F. The highest BCUT2D eigenvalue weighted by Gasteiger charge is 2.08. The summed E-state index contributed by atoms with van der Waals surface area (Å²) in [5.74, 6) is 1.20. The second-order valence-electron chi connectivity index (χ2n) is 5.78. The van der Waals surface area contributed by atoms with E-state index in [0.717, 1.165) is 24.9 Å². The van der Waals surface area contributed by atoms with Crippen LogP contribution in [-0.4, -0.2) is 13.2 Å². The lowest BCUT2D eigenvalue weighted by Crippen LogP contribution is -2.19. The van der Waals surface area contributed by atoms with Crippen LogP contribution >= 0.6 is 0 Å². The molecule has 0 radical (unpaired) electrons. The summed E-state index contributed by atoms with van der Waals surface area (Å²) in [5.41, 5.74) is 0.957. The highest BCUT2D eigenvalue weighted by molar-refractivity contribution is 5.29. The maximum atomic E-state index is 13.9. The van der Waals surface area contributed by atoms with Crippen molar-refractivity contribution < 1.29 is 9.13 Å². The first-order chi connectivity index (χ1) is 9.56. The number of nitrogens with one attached hydrogen (secondary N) is 1. The molecule has 0 saturated heterocycles. The van der Waals surface area contributed by atoms with Gasteiger partial charge < -0.3 is 10.1 Å². The van der Waals surface area contributed by atoms with Crippen LogP contribution in [-0.2, 0) is 6.54 Å². The van der Waals surface area contributed by atoms with E-state index in [1.54, 1.807) is 12.1 Å². The molecule has 0 fully saturated rings. The smallest absolute Gasteiger partial charge is 0.165 e. The number of hydrogen-bond donors (Lipinski definition) is 1. The van der Waals surface area contributed by atoms with E-state index in [0.29, 0.717) is 30.7 Å². The molecule has 0 aliphatic heterocycles. The van der Waals surface area contributed by atoms with Gasteiger partial charge in [0.2, 0.25) is 0 Å². The molecule has 0 saturated carbocycles. The fourth-order valence-corrected chi connectivity index (χ4v) is 2.01. The Kier molecular flexibility index (Phi) is 7.60. The molecule has 0 aromatic heterocycles. The Hall–Kier alpha value is -1.09. The van der Waals surface area contributed by atoms with Gasteiger partial charge in [-0.05, 0) is 36.1 Å². The summed E-state index contributed by atoms with van der Waals surface area (Å²) in [6, 6.07) is 5.23. The second-order valence-corrected chi connectivity index (χ2v) is 5.78. The molecule has 0 spiro atoms. The zero-order valence-corrected chi connectivity index (χ0v) is 13.2. The first kappa shape index (κ1) is 17.0. The third kappa shape index (κ3) is 5.91. The Morgan fingerprint density at radius 2 is 1.90 bits per heavy atom. The molecular formula is C17H28FNO. The Balaban J connectivity index is 2.50. The van der Waals surface area contributed by atoms with Gasteiger partial charge in [0.25, 0.3) is 0 Å². The minimum atomic E-state index is -0.264. The van der Waals surface area contributed by atoms with Crippen molar-refractivity contribution >= 4 is 0 Å². The average molecular weight is 281 g/mol. The van der Waals surface area contributed by atoms with Crippen molar-refractivity contribution in [2.24, 2.45) is 11.8 Å². The van der Waals surface area contributed by atoms with Crippen molar-refractivity contribution in [1.82, 2.24) is 5.32 Å². The molecule has 0 heterocycles. The number of halogens is 1. The van der Waals surface area contributed by atoms with Gasteiger partial charge in [-0.1, -0.05) is 46.6 Å². The van der Waals surface area contributed by atoms with Crippen LogP contribution in [0.5, 0.6) is 5.75 Å². The van der Waals surface area contributed by atoms with Gasteiger partial charge in [0.15, 0.2) is 11.6 Å². The Morgan fingerprint density at radius 3 is 2.45 bits per heavy atom. The van der Waals surface area contributed by atoms with Crippen LogP contribution in [0.3, 0.4) is 0 Å². The molecule has 0 aliphatic carbocycles. The molecule has 114 valence electrons. The van der Waals surface area contributed by atoms with E-state index in [1.807, 2.05) is 6.07 Å². The van der Waals surface area contributed by atoms with E-state index in [-0.39, 0.29) is 5.82 Å². The Labute approximate surface area is 122 Å². The van der Waals surface area contributed by atoms with Crippen LogP contribution in [0, 0.1) is 17.7 Å². The quantitative estimate of drug-likeness (QED) is 0.725. The maximum absolute atomic E-state index is 13.9.